The van der Waals surface area contributed by atoms with Gasteiger partial charge in [0.2, 0.25) is 0 Å². The fraction of sp³-hybridized carbons (Fsp3) is 0.522. The lowest BCUT2D eigenvalue weighted by Gasteiger charge is -2.31. The molecule has 0 spiro atoms. The average molecular weight is 414 g/mol. The molecule has 2 atom stereocenters. The lowest BCUT2D eigenvalue weighted by Crippen LogP contribution is -2.38. The molecule has 2 fully saturated rings. The summed E-state index contributed by atoms with van der Waals surface area (Å²) in [4.78, 5) is 20.4. The van der Waals surface area contributed by atoms with Crippen molar-refractivity contribution in [3.8, 4) is 5.75 Å². The number of hydrogen-bond acceptors (Lipinski definition) is 6. The van der Waals surface area contributed by atoms with Crippen LogP contribution in [-0.4, -0.2) is 59.9 Å². The number of nitrogens with one attached hydrogen (secondary N) is 1. The van der Waals surface area contributed by atoms with E-state index in [1.165, 1.54) is 0 Å². The number of carboxylic acids is 1. The van der Waals surface area contributed by atoms with Crippen LogP contribution in [0.5, 0.6) is 5.75 Å². The summed E-state index contributed by atoms with van der Waals surface area (Å²) < 4.78 is 5.99. The first-order chi connectivity index (χ1) is 14.6. The molecule has 1 aromatic carbocycles. The van der Waals surface area contributed by atoms with Gasteiger partial charge in [-0.15, -0.1) is 0 Å². The van der Waals surface area contributed by atoms with E-state index in [-0.39, 0.29) is 12.2 Å². The maximum absolute atomic E-state index is 12.2. The maximum atomic E-state index is 12.2. The molecule has 2 N–H and O–H groups in total. The van der Waals surface area contributed by atoms with Crippen LogP contribution in [0.2, 0.25) is 0 Å². The lowest BCUT2D eigenvalue weighted by molar-refractivity contribution is -0.159. The van der Waals surface area contributed by atoms with Crippen LogP contribution in [0.15, 0.2) is 48.3 Å². The molecule has 7 nitrogen and oxygen atoms in total. The largest absolute Gasteiger partial charge is 0.490 e. The van der Waals surface area contributed by atoms with Crippen molar-refractivity contribution in [1.82, 2.24) is 15.3 Å². The predicted octanol–water partition coefficient (Wildman–Crippen LogP) is 3.07. The fourth-order valence-electron chi connectivity index (χ4n) is 4.25. The van der Waals surface area contributed by atoms with Gasteiger partial charge in [-0.05, 0) is 43.7 Å². The zero-order valence-electron chi connectivity index (χ0n) is 17.5. The predicted molar refractivity (Wildman–Crippen MR) is 114 cm³/mol. The van der Waals surface area contributed by atoms with Crippen LogP contribution >= 0.6 is 0 Å². The molecule has 2 aliphatic heterocycles. The number of nitrogens with zero attached hydrogens (tertiary/aromatic N) is 2. The monoisotopic (exact) mass is 413 g/mol. The minimum Gasteiger partial charge on any atom is -0.490 e. The number of allylic oxidation sites excluding steroid dienone is 2. The third-order valence-electron chi connectivity index (χ3n) is 5.90. The van der Waals surface area contributed by atoms with Gasteiger partial charge in [-0.2, -0.15) is 0 Å². The van der Waals surface area contributed by atoms with Crippen LogP contribution in [0.4, 0.5) is 0 Å². The number of para-hydroxylation sites is 1. The first-order valence-electron chi connectivity index (χ1n) is 10.8. The number of carbonyl (C=O) groups is 1. The molecule has 0 aromatic heterocycles. The van der Waals surface area contributed by atoms with E-state index in [4.69, 9.17) is 9.57 Å². The number of carboxylic acid groups (broad SMARTS) is 1. The molecule has 1 aliphatic carbocycles. The van der Waals surface area contributed by atoms with Crippen molar-refractivity contribution in [2.75, 3.05) is 26.7 Å². The van der Waals surface area contributed by atoms with Crippen LogP contribution in [0, 0.1) is 0 Å². The summed E-state index contributed by atoms with van der Waals surface area (Å²) in [6.07, 6.45) is 6.93. The van der Waals surface area contributed by atoms with Crippen molar-refractivity contribution in [2.24, 2.45) is 0 Å². The Hall–Kier alpha value is -2.51. The van der Waals surface area contributed by atoms with Gasteiger partial charge in [-0.1, -0.05) is 30.9 Å². The molecular weight excluding hydrogens is 382 g/mol. The van der Waals surface area contributed by atoms with E-state index in [2.05, 4.69) is 11.9 Å². The number of benzene rings is 1. The Morgan fingerprint density at radius 2 is 2.13 bits per heavy atom. The zero-order chi connectivity index (χ0) is 21.1. The Bertz CT molecular complexity index is 820. The normalized spacial score (nSPS) is 23.0. The van der Waals surface area contributed by atoms with Crippen LogP contribution in [-0.2, 0) is 9.63 Å². The van der Waals surface area contributed by atoms with Crippen molar-refractivity contribution in [3.05, 3.63) is 53.9 Å². The average Bonchev–Trinajstić information content (AvgIpc) is 3.46. The zero-order valence-corrected chi connectivity index (χ0v) is 17.5. The molecule has 0 bridgehead atoms. The van der Waals surface area contributed by atoms with Gasteiger partial charge in [0.15, 0.2) is 0 Å². The quantitative estimate of drug-likeness (QED) is 0.603. The van der Waals surface area contributed by atoms with Crippen LogP contribution in [0.25, 0.3) is 0 Å². The van der Waals surface area contributed by atoms with Gasteiger partial charge in [0.05, 0.1) is 12.2 Å². The van der Waals surface area contributed by atoms with E-state index in [1.54, 1.807) is 5.06 Å². The van der Waals surface area contributed by atoms with Gasteiger partial charge >= 0.3 is 5.97 Å². The molecule has 7 heteroatoms. The number of hydroxylamine groups is 2. The smallest absolute Gasteiger partial charge is 0.325 e. The molecule has 0 radical (unpaired) electrons. The first kappa shape index (κ1) is 20.8. The first-order valence-corrected chi connectivity index (χ1v) is 10.8. The van der Waals surface area contributed by atoms with Gasteiger partial charge in [0.1, 0.15) is 17.6 Å². The minimum atomic E-state index is -0.860. The topological polar surface area (TPSA) is 74.3 Å². The Balaban J connectivity index is 1.45. The van der Waals surface area contributed by atoms with Gasteiger partial charge in [-0.25, -0.2) is 5.06 Å². The molecule has 3 aliphatic rings. The summed E-state index contributed by atoms with van der Waals surface area (Å²) in [6.45, 7) is 6.03. The van der Waals surface area contributed by atoms with E-state index in [1.807, 2.05) is 42.3 Å². The fourth-order valence-corrected chi connectivity index (χ4v) is 4.25. The van der Waals surface area contributed by atoms with Gasteiger partial charge in [0.25, 0.3) is 0 Å². The van der Waals surface area contributed by atoms with Crippen LogP contribution in [0.1, 0.15) is 43.7 Å². The highest BCUT2D eigenvalue weighted by Gasteiger charge is 2.37. The van der Waals surface area contributed by atoms with Gasteiger partial charge < -0.3 is 15.2 Å². The third-order valence-corrected chi connectivity index (χ3v) is 5.90. The standard InChI is InChI=1S/C23H31N3O4/c1-3-16-7-6-13-24-22(16)25(2)30-18-12-14-26(15-18)21(23(27)28)19-8-4-5-9-20(19)29-17-10-11-17/h3-5,8-9,17-18,21,24H,1,6-7,10-15H2,2H3,(H,27,28)/t18-,21?/m1/s1. The highest BCUT2D eigenvalue weighted by atomic mass is 16.7. The number of likely N-dealkylation sites (tertiary alicyclic amines) is 1. The number of rotatable bonds is 9. The number of aliphatic carboxylic acids is 1. The molecule has 30 heavy (non-hydrogen) atoms. The minimum absolute atomic E-state index is 0.0735. The van der Waals surface area contributed by atoms with Crippen molar-refractivity contribution in [2.45, 2.75) is 50.4 Å². The molecule has 0 amide bonds. The Kier molecular flexibility index (Phi) is 6.29. The van der Waals surface area contributed by atoms with Crippen LogP contribution in [0.3, 0.4) is 0 Å². The molecule has 1 unspecified atom stereocenters. The van der Waals surface area contributed by atoms with E-state index in [9.17, 15) is 9.90 Å². The van der Waals surface area contributed by atoms with E-state index in [0.717, 1.165) is 55.6 Å². The van der Waals surface area contributed by atoms with E-state index < -0.39 is 12.0 Å². The van der Waals surface area contributed by atoms with E-state index in [0.29, 0.717) is 18.8 Å². The summed E-state index contributed by atoms with van der Waals surface area (Å²) in [6, 6.07) is 6.77. The van der Waals surface area contributed by atoms with E-state index >= 15 is 0 Å². The van der Waals surface area contributed by atoms with Crippen molar-refractivity contribution < 1.29 is 19.5 Å². The second-order valence-corrected chi connectivity index (χ2v) is 8.21. The molecular formula is C23H31N3O4. The molecule has 162 valence electrons. The van der Waals surface area contributed by atoms with Crippen molar-refractivity contribution in [1.29, 1.82) is 0 Å². The number of ether oxygens (including phenoxy) is 1. The second kappa shape index (κ2) is 9.10. The highest BCUT2D eigenvalue weighted by Crippen LogP contribution is 2.36. The second-order valence-electron chi connectivity index (χ2n) is 8.21. The Labute approximate surface area is 177 Å². The van der Waals surface area contributed by atoms with Gasteiger partial charge in [-0.3, -0.25) is 14.5 Å². The van der Waals surface area contributed by atoms with Crippen molar-refractivity contribution in [3.63, 3.8) is 0 Å². The molecule has 4 rings (SSSR count). The van der Waals surface area contributed by atoms with Gasteiger partial charge in [0, 0.05) is 32.2 Å². The molecule has 1 saturated heterocycles. The van der Waals surface area contributed by atoms with Crippen LogP contribution < -0.4 is 10.1 Å². The Morgan fingerprint density at radius 3 is 2.87 bits per heavy atom. The van der Waals surface area contributed by atoms with Crippen molar-refractivity contribution >= 4 is 5.97 Å². The summed E-state index contributed by atoms with van der Waals surface area (Å²) in [7, 11) is 1.90. The molecule has 1 saturated carbocycles. The summed E-state index contributed by atoms with van der Waals surface area (Å²) in [5.41, 5.74) is 1.87. The summed E-state index contributed by atoms with van der Waals surface area (Å²) in [5, 5.41) is 15.2. The SMILES string of the molecule is C=CC1=C(N(C)O[C@@H]2CCN(C(C(=O)O)c3ccccc3OC3CC3)C2)NCCC1. The maximum Gasteiger partial charge on any atom is 0.325 e. The Morgan fingerprint density at radius 1 is 1.33 bits per heavy atom. The molecule has 2 heterocycles. The number of hydrogen-bond donors (Lipinski definition) is 2. The lowest BCUT2D eigenvalue weighted by atomic mass is 10.0. The highest BCUT2D eigenvalue weighted by molar-refractivity contribution is 5.76. The molecule has 1 aromatic rings. The summed E-state index contributed by atoms with van der Waals surface area (Å²) in [5.74, 6) is 0.773. The third kappa shape index (κ3) is 4.63. The summed E-state index contributed by atoms with van der Waals surface area (Å²) >= 11 is 0.